The molecule has 0 aromatic carbocycles. The van der Waals surface area contributed by atoms with Crippen molar-refractivity contribution in [1.82, 2.24) is 9.78 Å². The summed E-state index contributed by atoms with van der Waals surface area (Å²) in [6.45, 7) is 0.807. The molecule has 2 N–H and O–H groups in total. The van der Waals surface area contributed by atoms with Crippen molar-refractivity contribution in [3.63, 3.8) is 0 Å². The molecule has 0 aliphatic heterocycles. The molecule has 1 aromatic rings. The molecule has 0 radical (unpaired) electrons. The molecule has 4 nitrogen and oxygen atoms in total. The Hall–Kier alpha value is -1.08. The molecule has 1 atom stereocenters. The number of rotatable bonds is 7. The van der Waals surface area contributed by atoms with Crippen LogP contribution in [0.15, 0.2) is 6.07 Å². The second-order valence-electron chi connectivity index (χ2n) is 4.52. The number of hydrogen-bond donors (Lipinski definition) is 1. The third kappa shape index (κ3) is 6.07. The van der Waals surface area contributed by atoms with E-state index in [1.54, 1.807) is 4.68 Å². The van der Waals surface area contributed by atoms with Crippen molar-refractivity contribution in [2.24, 2.45) is 12.8 Å². The van der Waals surface area contributed by atoms with Gasteiger partial charge in [0.15, 0.2) is 0 Å². The van der Waals surface area contributed by atoms with Gasteiger partial charge in [0.1, 0.15) is 6.61 Å². The average molecular weight is 279 g/mol. The van der Waals surface area contributed by atoms with Crippen LogP contribution in [0.5, 0.6) is 0 Å². The third-order valence-corrected chi connectivity index (χ3v) is 2.76. The first kappa shape index (κ1) is 16.0. The molecule has 0 saturated carbocycles. The van der Waals surface area contributed by atoms with Gasteiger partial charge in [-0.1, -0.05) is 6.92 Å². The van der Waals surface area contributed by atoms with Crippen LogP contribution in [0, 0.1) is 0 Å². The lowest BCUT2D eigenvalue weighted by molar-refractivity contribution is -0.174. The molecule has 1 heterocycles. The van der Waals surface area contributed by atoms with Gasteiger partial charge in [-0.2, -0.15) is 18.3 Å². The van der Waals surface area contributed by atoms with Gasteiger partial charge in [-0.3, -0.25) is 4.68 Å². The summed E-state index contributed by atoms with van der Waals surface area (Å²) in [5.41, 5.74) is 7.84. The van der Waals surface area contributed by atoms with Crippen LogP contribution in [-0.2, 0) is 24.6 Å². The summed E-state index contributed by atoms with van der Waals surface area (Å²) in [6.07, 6.45) is -2.46. The standard InChI is InChI=1S/C12H20F3N3O/c1-3-10-7-11(18(2)17-10)6-9(16)4-5-19-8-12(13,14)15/h7,9H,3-6,8,16H2,1-2H3. The molecule has 0 aliphatic rings. The van der Waals surface area contributed by atoms with Gasteiger partial charge in [0, 0.05) is 31.8 Å². The summed E-state index contributed by atoms with van der Waals surface area (Å²) in [6, 6.07) is 1.74. The van der Waals surface area contributed by atoms with Crippen molar-refractivity contribution in [3.8, 4) is 0 Å². The molecule has 0 saturated heterocycles. The first-order valence-corrected chi connectivity index (χ1v) is 6.23. The van der Waals surface area contributed by atoms with Crippen LogP contribution in [0.25, 0.3) is 0 Å². The molecule has 7 heteroatoms. The summed E-state index contributed by atoms with van der Waals surface area (Å²) < 4.78 is 41.9. The normalized spacial score (nSPS) is 13.8. The first-order chi connectivity index (χ1) is 8.81. The Kier molecular flexibility index (Phi) is 5.81. The Morgan fingerprint density at radius 2 is 2.16 bits per heavy atom. The molecule has 0 bridgehead atoms. The van der Waals surface area contributed by atoms with Gasteiger partial charge in [-0.15, -0.1) is 0 Å². The molecule has 1 rings (SSSR count). The number of nitrogens with two attached hydrogens (primary N) is 1. The van der Waals surface area contributed by atoms with Gasteiger partial charge in [0.2, 0.25) is 0 Å². The van der Waals surface area contributed by atoms with Crippen molar-refractivity contribution in [2.75, 3.05) is 13.2 Å². The minimum Gasteiger partial charge on any atom is -0.372 e. The van der Waals surface area contributed by atoms with E-state index < -0.39 is 12.8 Å². The Bertz CT molecular complexity index is 390. The van der Waals surface area contributed by atoms with E-state index in [4.69, 9.17) is 5.73 Å². The zero-order chi connectivity index (χ0) is 14.5. The van der Waals surface area contributed by atoms with Crippen LogP contribution in [0.1, 0.15) is 24.7 Å². The molecular weight excluding hydrogens is 259 g/mol. The van der Waals surface area contributed by atoms with Gasteiger partial charge >= 0.3 is 6.18 Å². The van der Waals surface area contributed by atoms with E-state index in [0.29, 0.717) is 12.8 Å². The SMILES string of the molecule is CCc1cc(CC(N)CCOCC(F)(F)F)n(C)n1. The summed E-state index contributed by atoms with van der Waals surface area (Å²) in [7, 11) is 1.83. The minimum absolute atomic E-state index is 0.0131. The molecule has 1 unspecified atom stereocenters. The monoisotopic (exact) mass is 279 g/mol. The number of ether oxygens (including phenoxy) is 1. The molecule has 0 fully saturated rings. The highest BCUT2D eigenvalue weighted by Crippen LogP contribution is 2.14. The first-order valence-electron chi connectivity index (χ1n) is 6.23. The van der Waals surface area contributed by atoms with E-state index in [1.165, 1.54) is 0 Å². The molecular formula is C12H20F3N3O. The Morgan fingerprint density at radius 3 is 2.68 bits per heavy atom. The maximum absolute atomic E-state index is 11.9. The van der Waals surface area contributed by atoms with E-state index in [2.05, 4.69) is 9.84 Å². The number of halogens is 3. The lowest BCUT2D eigenvalue weighted by atomic mass is 10.1. The van der Waals surface area contributed by atoms with E-state index in [0.717, 1.165) is 17.8 Å². The fraction of sp³-hybridized carbons (Fsp3) is 0.750. The van der Waals surface area contributed by atoms with E-state index in [9.17, 15) is 13.2 Å². The average Bonchev–Trinajstić information content (AvgIpc) is 2.65. The topological polar surface area (TPSA) is 53.1 Å². The van der Waals surface area contributed by atoms with E-state index >= 15 is 0 Å². The number of aromatic nitrogens is 2. The quantitative estimate of drug-likeness (QED) is 0.775. The maximum atomic E-state index is 11.9. The number of alkyl halides is 3. The van der Waals surface area contributed by atoms with E-state index in [-0.39, 0.29) is 12.6 Å². The van der Waals surface area contributed by atoms with Crippen molar-refractivity contribution in [3.05, 3.63) is 17.5 Å². The number of nitrogens with zero attached hydrogens (tertiary/aromatic N) is 2. The largest absolute Gasteiger partial charge is 0.411 e. The predicted molar refractivity (Wildman–Crippen MR) is 65.8 cm³/mol. The van der Waals surface area contributed by atoms with Gasteiger partial charge in [0.05, 0.1) is 5.69 Å². The lowest BCUT2D eigenvalue weighted by Crippen LogP contribution is -2.27. The summed E-state index contributed by atoms with van der Waals surface area (Å²) in [5, 5.41) is 4.29. The highest BCUT2D eigenvalue weighted by atomic mass is 19.4. The highest BCUT2D eigenvalue weighted by molar-refractivity contribution is 5.11. The second-order valence-corrected chi connectivity index (χ2v) is 4.52. The van der Waals surface area contributed by atoms with Crippen LogP contribution in [0.2, 0.25) is 0 Å². The third-order valence-electron chi connectivity index (χ3n) is 2.76. The lowest BCUT2D eigenvalue weighted by Gasteiger charge is -2.12. The molecule has 1 aromatic heterocycles. The van der Waals surface area contributed by atoms with Crippen LogP contribution in [-0.4, -0.2) is 35.2 Å². The molecule has 0 amide bonds. The second kappa shape index (κ2) is 6.91. The zero-order valence-corrected chi connectivity index (χ0v) is 11.2. The Labute approximate surface area is 110 Å². The number of hydrogen-bond acceptors (Lipinski definition) is 3. The van der Waals surface area contributed by atoms with Crippen LogP contribution >= 0.6 is 0 Å². The Morgan fingerprint density at radius 1 is 1.47 bits per heavy atom. The van der Waals surface area contributed by atoms with Crippen LogP contribution in [0.3, 0.4) is 0 Å². The fourth-order valence-electron chi connectivity index (χ4n) is 1.73. The summed E-state index contributed by atoms with van der Waals surface area (Å²) in [4.78, 5) is 0. The Balaban J connectivity index is 2.30. The van der Waals surface area contributed by atoms with Crippen LogP contribution in [0.4, 0.5) is 13.2 Å². The highest BCUT2D eigenvalue weighted by Gasteiger charge is 2.27. The van der Waals surface area contributed by atoms with Gasteiger partial charge in [-0.05, 0) is 18.9 Å². The van der Waals surface area contributed by atoms with Crippen molar-refractivity contribution in [1.29, 1.82) is 0 Å². The minimum atomic E-state index is -4.28. The van der Waals surface area contributed by atoms with Gasteiger partial charge < -0.3 is 10.5 Å². The maximum Gasteiger partial charge on any atom is 0.411 e. The summed E-state index contributed by atoms with van der Waals surface area (Å²) >= 11 is 0. The molecule has 0 aliphatic carbocycles. The smallest absolute Gasteiger partial charge is 0.372 e. The van der Waals surface area contributed by atoms with Crippen molar-refractivity contribution >= 4 is 0 Å². The molecule has 0 spiro atoms. The van der Waals surface area contributed by atoms with Gasteiger partial charge in [0.25, 0.3) is 0 Å². The summed E-state index contributed by atoms with van der Waals surface area (Å²) in [5.74, 6) is 0. The zero-order valence-electron chi connectivity index (χ0n) is 11.2. The van der Waals surface area contributed by atoms with E-state index in [1.807, 2.05) is 20.0 Å². The van der Waals surface area contributed by atoms with Crippen molar-refractivity contribution < 1.29 is 17.9 Å². The molecule has 110 valence electrons. The predicted octanol–water partition coefficient (Wildman–Crippen LogP) is 1.82. The van der Waals surface area contributed by atoms with Crippen LogP contribution < -0.4 is 5.73 Å². The number of aryl methyl sites for hydroxylation is 2. The fourth-order valence-corrected chi connectivity index (χ4v) is 1.73. The van der Waals surface area contributed by atoms with Gasteiger partial charge in [-0.25, -0.2) is 0 Å². The molecule has 19 heavy (non-hydrogen) atoms. The van der Waals surface area contributed by atoms with Crippen molar-refractivity contribution in [2.45, 2.75) is 38.4 Å².